The second-order valence-corrected chi connectivity index (χ2v) is 5.46. The van der Waals surface area contributed by atoms with E-state index in [-0.39, 0.29) is 11.6 Å². The van der Waals surface area contributed by atoms with Gasteiger partial charge >= 0.3 is 0 Å². The molecule has 1 aromatic carbocycles. The highest BCUT2D eigenvalue weighted by molar-refractivity contribution is 5.18. The van der Waals surface area contributed by atoms with Crippen LogP contribution in [0, 0.1) is 5.92 Å². The van der Waals surface area contributed by atoms with Crippen LogP contribution >= 0.6 is 0 Å². The van der Waals surface area contributed by atoms with Gasteiger partial charge in [-0.15, -0.1) is 0 Å². The van der Waals surface area contributed by atoms with E-state index in [1.807, 2.05) is 26.8 Å². The summed E-state index contributed by atoms with van der Waals surface area (Å²) in [6.45, 7) is 10.5. The molecule has 2 nitrogen and oxygen atoms in total. The van der Waals surface area contributed by atoms with Gasteiger partial charge in [0, 0.05) is 0 Å². The molecule has 0 saturated carbocycles. The normalized spacial score (nSPS) is 14.1. The summed E-state index contributed by atoms with van der Waals surface area (Å²) in [6.07, 6.45) is 0. The SMILES string of the molecule is CC(C)C(NOC(C)(C)C)c1ccccc1. The van der Waals surface area contributed by atoms with Crippen LogP contribution in [0.25, 0.3) is 0 Å². The second-order valence-electron chi connectivity index (χ2n) is 5.46. The Morgan fingerprint density at radius 3 is 2.06 bits per heavy atom. The highest BCUT2D eigenvalue weighted by Crippen LogP contribution is 2.22. The molecule has 1 atom stereocenters. The maximum atomic E-state index is 5.66. The van der Waals surface area contributed by atoms with Crippen molar-refractivity contribution >= 4 is 0 Å². The average molecular weight is 221 g/mol. The van der Waals surface area contributed by atoms with Crippen molar-refractivity contribution in [2.24, 2.45) is 5.92 Å². The quantitative estimate of drug-likeness (QED) is 0.783. The molecule has 0 saturated heterocycles. The van der Waals surface area contributed by atoms with Gasteiger partial charge in [0.1, 0.15) is 0 Å². The zero-order chi connectivity index (χ0) is 12.2. The summed E-state index contributed by atoms with van der Waals surface area (Å²) in [6, 6.07) is 10.6. The van der Waals surface area contributed by atoms with Crippen LogP contribution in [0.1, 0.15) is 46.2 Å². The lowest BCUT2D eigenvalue weighted by molar-refractivity contribution is -0.0953. The fraction of sp³-hybridized carbons (Fsp3) is 0.571. The Bertz CT molecular complexity index is 300. The van der Waals surface area contributed by atoms with Gasteiger partial charge in [-0.3, -0.25) is 4.84 Å². The number of hydrogen-bond donors (Lipinski definition) is 1. The van der Waals surface area contributed by atoms with Crippen molar-refractivity contribution in [2.45, 2.75) is 46.3 Å². The molecule has 0 aliphatic carbocycles. The second kappa shape index (κ2) is 5.46. The highest BCUT2D eigenvalue weighted by Gasteiger charge is 2.19. The molecule has 0 heterocycles. The number of hydroxylamine groups is 1. The predicted molar refractivity (Wildman–Crippen MR) is 68.0 cm³/mol. The van der Waals surface area contributed by atoms with Crippen molar-refractivity contribution in [2.75, 3.05) is 0 Å². The predicted octanol–water partition coefficient (Wildman–Crippen LogP) is 3.70. The van der Waals surface area contributed by atoms with Crippen LogP contribution in [-0.2, 0) is 4.84 Å². The summed E-state index contributed by atoms with van der Waals surface area (Å²) in [4.78, 5) is 5.66. The molecule has 0 aliphatic heterocycles. The van der Waals surface area contributed by atoms with E-state index in [9.17, 15) is 0 Å². The number of nitrogens with one attached hydrogen (secondary N) is 1. The van der Waals surface area contributed by atoms with Crippen molar-refractivity contribution in [1.82, 2.24) is 5.48 Å². The fourth-order valence-electron chi connectivity index (χ4n) is 1.49. The minimum Gasteiger partial charge on any atom is -0.295 e. The van der Waals surface area contributed by atoms with Crippen LogP contribution in [0.2, 0.25) is 0 Å². The van der Waals surface area contributed by atoms with Crippen LogP contribution in [0.15, 0.2) is 30.3 Å². The Labute approximate surface area is 99.0 Å². The van der Waals surface area contributed by atoms with Gasteiger partial charge in [0.25, 0.3) is 0 Å². The van der Waals surface area contributed by atoms with Gasteiger partial charge in [0.15, 0.2) is 0 Å². The molecule has 0 spiro atoms. The Hall–Kier alpha value is -0.860. The molecule has 0 bridgehead atoms. The van der Waals surface area contributed by atoms with Crippen molar-refractivity contribution in [3.05, 3.63) is 35.9 Å². The molecule has 1 unspecified atom stereocenters. The molecule has 0 aliphatic rings. The minimum atomic E-state index is -0.165. The first kappa shape index (κ1) is 13.2. The third kappa shape index (κ3) is 4.33. The molecule has 1 aromatic rings. The van der Waals surface area contributed by atoms with Crippen LogP contribution in [-0.4, -0.2) is 5.60 Å². The Balaban J connectivity index is 2.70. The third-order valence-electron chi connectivity index (χ3n) is 2.32. The molecule has 0 aromatic heterocycles. The van der Waals surface area contributed by atoms with Crippen molar-refractivity contribution in [3.63, 3.8) is 0 Å². The molecule has 0 fully saturated rings. The first-order chi connectivity index (χ1) is 7.40. The van der Waals surface area contributed by atoms with Gasteiger partial charge in [-0.1, -0.05) is 44.2 Å². The lowest BCUT2D eigenvalue weighted by atomic mass is 9.97. The maximum Gasteiger partial charge on any atom is 0.0813 e. The van der Waals surface area contributed by atoms with Gasteiger partial charge in [-0.05, 0) is 32.3 Å². The van der Waals surface area contributed by atoms with E-state index >= 15 is 0 Å². The molecule has 0 amide bonds. The minimum absolute atomic E-state index is 0.165. The van der Waals surface area contributed by atoms with E-state index in [2.05, 4.69) is 43.6 Å². The Morgan fingerprint density at radius 1 is 1.06 bits per heavy atom. The van der Waals surface area contributed by atoms with Gasteiger partial charge in [0.2, 0.25) is 0 Å². The lowest BCUT2D eigenvalue weighted by Crippen LogP contribution is -2.34. The lowest BCUT2D eigenvalue weighted by Gasteiger charge is -2.27. The Kier molecular flexibility index (Phi) is 4.51. The fourth-order valence-corrected chi connectivity index (χ4v) is 1.49. The largest absolute Gasteiger partial charge is 0.295 e. The summed E-state index contributed by atoms with van der Waals surface area (Å²) < 4.78 is 0. The standard InChI is InChI=1S/C14H23NO/c1-11(2)13(15-16-14(3,4)5)12-9-7-6-8-10-12/h6-11,13,15H,1-5H3. The number of benzene rings is 1. The molecular formula is C14H23NO. The maximum absolute atomic E-state index is 5.66. The number of hydrogen-bond acceptors (Lipinski definition) is 2. The van der Waals surface area contributed by atoms with E-state index in [1.165, 1.54) is 5.56 Å². The summed E-state index contributed by atoms with van der Waals surface area (Å²) >= 11 is 0. The molecule has 1 rings (SSSR count). The monoisotopic (exact) mass is 221 g/mol. The zero-order valence-corrected chi connectivity index (χ0v) is 10.9. The molecule has 1 N–H and O–H groups in total. The average Bonchev–Trinajstić information content (AvgIpc) is 2.17. The molecule has 90 valence electrons. The van der Waals surface area contributed by atoms with E-state index in [1.54, 1.807) is 0 Å². The summed E-state index contributed by atoms with van der Waals surface area (Å²) in [5.41, 5.74) is 4.28. The summed E-state index contributed by atoms with van der Waals surface area (Å²) in [5, 5.41) is 0. The van der Waals surface area contributed by atoms with Crippen molar-refractivity contribution < 1.29 is 4.84 Å². The van der Waals surface area contributed by atoms with Gasteiger partial charge in [0.05, 0.1) is 11.6 Å². The van der Waals surface area contributed by atoms with Crippen molar-refractivity contribution in [3.8, 4) is 0 Å². The van der Waals surface area contributed by atoms with Crippen LogP contribution in [0.4, 0.5) is 0 Å². The van der Waals surface area contributed by atoms with E-state index in [4.69, 9.17) is 4.84 Å². The van der Waals surface area contributed by atoms with E-state index in [0.29, 0.717) is 5.92 Å². The van der Waals surface area contributed by atoms with Gasteiger partial charge < -0.3 is 0 Å². The smallest absolute Gasteiger partial charge is 0.0813 e. The molecule has 2 heteroatoms. The van der Waals surface area contributed by atoms with Crippen LogP contribution in [0.5, 0.6) is 0 Å². The van der Waals surface area contributed by atoms with Crippen molar-refractivity contribution in [1.29, 1.82) is 0 Å². The molecule has 0 radical (unpaired) electrons. The third-order valence-corrected chi connectivity index (χ3v) is 2.32. The summed E-state index contributed by atoms with van der Waals surface area (Å²) in [5.74, 6) is 0.491. The molecule has 16 heavy (non-hydrogen) atoms. The van der Waals surface area contributed by atoms with Crippen LogP contribution in [0.3, 0.4) is 0 Å². The van der Waals surface area contributed by atoms with Gasteiger partial charge in [-0.25, -0.2) is 0 Å². The highest BCUT2D eigenvalue weighted by atomic mass is 16.7. The molecular weight excluding hydrogens is 198 g/mol. The first-order valence-corrected chi connectivity index (χ1v) is 5.88. The first-order valence-electron chi connectivity index (χ1n) is 5.88. The topological polar surface area (TPSA) is 21.3 Å². The Morgan fingerprint density at radius 2 is 1.62 bits per heavy atom. The van der Waals surface area contributed by atoms with Crippen LogP contribution < -0.4 is 5.48 Å². The summed E-state index contributed by atoms with van der Waals surface area (Å²) in [7, 11) is 0. The van der Waals surface area contributed by atoms with E-state index in [0.717, 1.165) is 0 Å². The van der Waals surface area contributed by atoms with Gasteiger partial charge in [-0.2, -0.15) is 5.48 Å². The zero-order valence-electron chi connectivity index (χ0n) is 10.9. The number of rotatable bonds is 4. The van der Waals surface area contributed by atoms with E-state index < -0.39 is 0 Å².